The van der Waals surface area contributed by atoms with Crippen molar-refractivity contribution in [3.63, 3.8) is 0 Å². The third kappa shape index (κ3) is 5.23. The zero-order valence-electron chi connectivity index (χ0n) is 24.9. The molecule has 45 heavy (non-hydrogen) atoms. The van der Waals surface area contributed by atoms with Crippen LogP contribution in [0.5, 0.6) is 0 Å². The lowest BCUT2D eigenvalue weighted by Gasteiger charge is -2.34. The van der Waals surface area contributed by atoms with Crippen molar-refractivity contribution >= 4 is 51.9 Å². The molecule has 1 nitrogen and oxygen atoms in total. The maximum atomic E-state index is 15.1. The van der Waals surface area contributed by atoms with E-state index in [1.165, 1.54) is 20.7 Å². The van der Waals surface area contributed by atoms with Crippen LogP contribution in [-0.2, 0) is 4.57 Å². The fourth-order valence-corrected chi connectivity index (χ4v) is 14.0. The van der Waals surface area contributed by atoms with Gasteiger partial charge in [0, 0.05) is 15.9 Å². The molecule has 0 bridgehead atoms. The Hall–Kier alpha value is -5.01. The third-order valence-corrected chi connectivity index (χ3v) is 16.6. The lowest BCUT2D eigenvalue weighted by atomic mass is 10.1. The van der Waals surface area contributed by atoms with Crippen LogP contribution in [0, 0.1) is 0 Å². The smallest absolute Gasteiger partial charge is 0.179 e. The van der Waals surface area contributed by atoms with Crippen molar-refractivity contribution in [2.24, 2.45) is 0 Å². The molecule has 0 spiro atoms. The fraction of sp³-hybridized carbons (Fsp3) is 0. The second-order valence-corrected chi connectivity index (χ2v) is 17.8. The van der Waals surface area contributed by atoms with Crippen molar-refractivity contribution in [1.29, 1.82) is 0 Å². The molecule has 0 aliphatic rings. The van der Waals surface area contributed by atoms with Gasteiger partial charge in [0.1, 0.15) is 0 Å². The van der Waals surface area contributed by atoms with E-state index in [4.69, 9.17) is 0 Å². The third-order valence-electron chi connectivity index (χ3n) is 8.72. The summed E-state index contributed by atoms with van der Waals surface area (Å²) >= 11 is 0. The van der Waals surface area contributed by atoms with E-state index in [-0.39, 0.29) is 0 Å². The minimum absolute atomic E-state index is 0.836. The van der Waals surface area contributed by atoms with Crippen LogP contribution in [0.2, 0.25) is 0 Å². The summed E-state index contributed by atoms with van der Waals surface area (Å²) in [6.07, 6.45) is 0. The quantitative estimate of drug-likeness (QED) is 0.111. The molecule has 7 rings (SSSR count). The molecule has 3 heteroatoms. The van der Waals surface area contributed by atoms with Crippen molar-refractivity contribution in [1.82, 2.24) is 0 Å². The first kappa shape index (κ1) is 28.7. The largest absolute Gasteiger partial charge is 0.309 e. The summed E-state index contributed by atoms with van der Waals surface area (Å²) in [4.78, 5) is 0. The normalized spacial score (nSPS) is 11.6. The highest BCUT2D eigenvalue weighted by Gasteiger charge is 2.41. The molecule has 0 saturated heterocycles. The fourth-order valence-electron chi connectivity index (χ4n) is 6.58. The molecule has 0 N–H and O–H groups in total. The molecule has 0 aliphatic heterocycles. The number of hydrogen-bond donors (Lipinski definition) is 0. The first-order valence-corrected chi connectivity index (χ1v) is 19.0. The number of rotatable bonds is 8. The Balaban J connectivity index is 1.37. The minimum Gasteiger partial charge on any atom is -0.309 e. The van der Waals surface area contributed by atoms with Gasteiger partial charge in [0.05, 0.1) is 0 Å². The molecule has 0 aliphatic carbocycles. The van der Waals surface area contributed by atoms with E-state index in [1.54, 1.807) is 0 Å². The molecule has 216 valence electrons. The molecule has 0 unspecified atom stereocenters. The highest BCUT2D eigenvalue weighted by atomic mass is 31.2. The highest BCUT2D eigenvalue weighted by molar-refractivity contribution is 7.85. The summed E-state index contributed by atoms with van der Waals surface area (Å²) in [7, 11) is -5.67. The Kier molecular flexibility index (Phi) is 8.01. The van der Waals surface area contributed by atoms with Crippen LogP contribution in [0.15, 0.2) is 200 Å². The Labute approximate surface area is 266 Å². The molecule has 0 radical (unpaired) electrons. The van der Waals surface area contributed by atoms with Gasteiger partial charge in [-0.3, -0.25) is 0 Å². The van der Waals surface area contributed by atoms with Gasteiger partial charge in [0.25, 0.3) is 0 Å². The van der Waals surface area contributed by atoms with E-state index >= 15 is 4.57 Å². The van der Waals surface area contributed by atoms with Gasteiger partial charge < -0.3 is 4.57 Å². The monoisotopic (exact) mass is 612 g/mol. The van der Waals surface area contributed by atoms with Crippen molar-refractivity contribution in [3.05, 3.63) is 200 Å². The van der Waals surface area contributed by atoms with Gasteiger partial charge in [-0.05, 0) is 37.9 Å². The molecule has 0 saturated carbocycles. The maximum absolute atomic E-state index is 15.1. The Morgan fingerprint density at radius 2 is 0.667 bits per heavy atom. The van der Waals surface area contributed by atoms with Crippen LogP contribution in [0.1, 0.15) is 0 Å². The lowest BCUT2D eigenvalue weighted by molar-refractivity contribution is 0.592. The van der Waals surface area contributed by atoms with Crippen LogP contribution in [-0.4, -0.2) is 8.07 Å². The molecular weight excluding hydrogens is 580 g/mol. The van der Waals surface area contributed by atoms with Gasteiger partial charge in [-0.25, -0.2) is 0 Å². The average Bonchev–Trinajstić information content (AvgIpc) is 3.14. The van der Waals surface area contributed by atoms with Crippen LogP contribution in [0.3, 0.4) is 0 Å². The van der Waals surface area contributed by atoms with Gasteiger partial charge in [0.2, 0.25) is 0 Å². The van der Waals surface area contributed by atoms with E-state index in [9.17, 15) is 0 Å². The van der Waals surface area contributed by atoms with Crippen molar-refractivity contribution in [2.45, 2.75) is 0 Å². The van der Waals surface area contributed by atoms with Crippen LogP contribution >= 0.6 is 7.14 Å². The van der Waals surface area contributed by atoms with Crippen LogP contribution < -0.4 is 36.7 Å². The average molecular weight is 613 g/mol. The summed E-state index contributed by atoms with van der Waals surface area (Å²) in [5.41, 5.74) is 2.16. The molecule has 7 aromatic carbocycles. The van der Waals surface area contributed by atoms with Gasteiger partial charge in [0.15, 0.2) is 15.2 Å². The maximum Gasteiger partial charge on any atom is 0.179 e. The standard InChI is InChI=1S/C42H33OPSi/c43-44(36-18-6-1-7-19-36,37-20-8-2-9-21-37)38-22-16-17-35(33-38)34-29-31-42(32-30-34)45(39-23-10-3-11-24-39,40-25-12-4-13-26-40)41-27-14-5-15-28-41/h1-33H. The molecule has 0 heterocycles. The number of benzene rings is 7. The van der Waals surface area contributed by atoms with E-state index in [0.717, 1.165) is 27.0 Å². The van der Waals surface area contributed by atoms with Crippen LogP contribution in [0.4, 0.5) is 0 Å². The predicted molar refractivity (Wildman–Crippen MR) is 195 cm³/mol. The summed E-state index contributed by atoms with van der Waals surface area (Å²) < 4.78 is 15.1. The lowest BCUT2D eigenvalue weighted by Crippen LogP contribution is -2.74. The zero-order valence-corrected chi connectivity index (χ0v) is 26.8. The van der Waals surface area contributed by atoms with Gasteiger partial charge in [-0.15, -0.1) is 0 Å². The Bertz CT molecular complexity index is 1910. The first-order chi connectivity index (χ1) is 22.2. The van der Waals surface area contributed by atoms with E-state index in [1.807, 2.05) is 72.8 Å². The zero-order chi connectivity index (χ0) is 30.5. The Morgan fingerprint density at radius 1 is 0.311 bits per heavy atom. The number of hydrogen-bond acceptors (Lipinski definition) is 1. The first-order valence-electron chi connectivity index (χ1n) is 15.3. The molecule has 0 aromatic heterocycles. The van der Waals surface area contributed by atoms with Gasteiger partial charge >= 0.3 is 0 Å². The van der Waals surface area contributed by atoms with E-state index in [0.29, 0.717) is 0 Å². The van der Waals surface area contributed by atoms with Crippen molar-refractivity contribution in [2.75, 3.05) is 0 Å². The summed E-state index contributed by atoms with van der Waals surface area (Å²) in [5.74, 6) is 0. The molecule has 7 aromatic rings. The summed E-state index contributed by atoms with van der Waals surface area (Å²) in [6, 6.07) is 70.1. The van der Waals surface area contributed by atoms with Gasteiger partial charge in [-0.1, -0.05) is 194 Å². The van der Waals surface area contributed by atoms with E-state index in [2.05, 4.69) is 127 Å². The van der Waals surface area contributed by atoms with E-state index < -0.39 is 15.2 Å². The summed E-state index contributed by atoms with van der Waals surface area (Å²) in [5, 5.41) is 7.89. The highest BCUT2D eigenvalue weighted by Crippen LogP contribution is 2.42. The van der Waals surface area contributed by atoms with Crippen molar-refractivity contribution < 1.29 is 4.57 Å². The second-order valence-electron chi connectivity index (χ2n) is 11.3. The van der Waals surface area contributed by atoms with Gasteiger partial charge in [-0.2, -0.15) is 0 Å². The SMILES string of the molecule is O=P(c1ccccc1)(c1ccccc1)c1cccc(-c2ccc([Si](c3ccccc3)(c3ccccc3)c3ccccc3)cc2)c1. The minimum atomic E-state index is -3.07. The predicted octanol–water partition coefficient (Wildman–Crippen LogP) is 6.37. The van der Waals surface area contributed by atoms with Crippen molar-refractivity contribution in [3.8, 4) is 11.1 Å². The van der Waals surface area contributed by atoms with Crippen LogP contribution in [0.25, 0.3) is 11.1 Å². The topological polar surface area (TPSA) is 17.1 Å². The molecule has 0 atom stereocenters. The molecule has 0 amide bonds. The second kappa shape index (κ2) is 12.5. The Morgan fingerprint density at radius 3 is 1.09 bits per heavy atom. The molecule has 0 fully saturated rings. The molecular formula is C42H33OPSi. The summed E-state index contributed by atoms with van der Waals surface area (Å²) in [6.45, 7) is 0.